The third-order valence-corrected chi connectivity index (χ3v) is 23.0. The van der Waals surface area contributed by atoms with E-state index >= 15 is 0 Å². The summed E-state index contributed by atoms with van der Waals surface area (Å²) in [6.45, 7) is 55.5. The van der Waals surface area contributed by atoms with Crippen LogP contribution in [-0.4, -0.2) is 134 Å². The van der Waals surface area contributed by atoms with Crippen LogP contribution < -0.4 is 62.7 Å². The number of nitriles is 7. The van der Waals surface area contributed by atoms with E-state index < -0.39 is 0 Å². The fraction of sp³-hybridized carbons (Fsp3) is 0.432. The van der Waals surface area contributed by atoms with Crippen LogP contribution in [0.3, 0.4) is 0 Å². The van der Waals surface area contributed by atoms with Gasteiger partial charge in [-0.3, -0.25) is 0 Å². The highest BCUT2D eigenvalue weighted by Crippen LogP contribution is 2.36. The third kappa shape index (κ3) is 48.7. The Balaban J connectivity index is 0.000000573. The molecule has 1 saturated heterocycles. The van der Waals surface area contributed by atoms with Gasteiger partial charge in [0.05, 0.1) is 98.2 Å². The van der Waals surface area contributed by atoms with Crippen LogP contribution in [0.15, 0.2) is 198 Å². The van der Waals surface area contributed by atoms with E-state index in [-0.39, 0.29) is 0 Å². The lowest BCUT2D eigenvalue weighted by atomic mass is 10.1. The Morgan fingerprint density at radius 2 is 0.566 bits per heavy atom. The first kappa shape index (κ1) is 126. The third-order valence-electron chi connectivity index (χ3n) is 23.0. The maximum absolute atomic E-state index is 8.98. The fourth-order valence-corrected chi connectivity index (χ4v) is 15.6. The highest BCUT2D eigenvalue weighted by atomic mass is 16.5. The van der Waals surface area contributed by atoms with Crippen molar-refractivity contribution in [2.24, 2.45) is 11.8 Å². The minimum absolute atomic E-state index is 0.430. The molecule has 0 spiro atoms. The van der Waals surface area contributed by atoms with Gasteiger partial charge in [0, 0.05) is 227 Å². The van der Waals surface area contributed by atoms with Crippen LogP contribution in [0.25, 0.3) is 42.5 Å². The zero-order valence-electron chi connectivity index (χ0n) is 91.8. The second-order valence-electron chi connectivity index (χ2n) is 36.3. The Labute approximate surface area is 875 Å². The predicted octanol–water partition coefficient (Wildman–Crippen LogP) is 29.9. The molecule has 0 aromatic heterocycles. The van der Waals surface area contributed by atoms with E-state index in [1.54, 1.807) is 76.4 Å². The number of piperidine rings is 1. The Kier molecular flexibility index (Phi) is 65.3. The number of rotatable bonds is 48. The SMILES string of the molecule is C#CCN(CC#C)c1ccc(/C=C(/C)C#N)c(OC)c1.C/C(C#N)=C/c1ccc(N2CCCCC2)cc1.C=CCN(CC=C)c1ccc(/C=C(/C)C#N)c(OC)c1.CCCCCN(CCCCC)c1ccc(/C=C(/C)C#N)c(OC)c1.CCCCN(CCCC)c1ccc(/C=C(/C)C#N)c(OC)c1.CCCN(CCC)c1ccc(/C=C(/C)C#N)c(OC)c1.COc1cc(N(CC(C)C)CC(C)C)ccc1/C=C(/C)C#N. The number of terminal acetylenes is 2. The number of nitrogens with zero attached hydrogens (tertiary/aromatic N) is 14. The van der Waals surface area contributed by atoms with Gasteiger partial charge in [0.25, 0.3) is 0 Å². The van der Waals surface area contributed by atoms with E-state index in [2.05, 4.69) is 245 Å². The van der Waals surface area contributed by atoms with Gasteiger partial charge in [0.1, 0.15) is 34.5 Å². The van der Waals surface area contributed by atoms with Gasteiger partial charge >= 0.3 is 0 Å². The van der Waals surface area contributed by atoms with Crippen LogP contribution in [0.4, 0.5) is 39.8 Å². The number of allylic oxidation sites excluding steroid dienone is 7. The molecule has 20 heteroatoms. The van der Waals surface area contributed by atoms with Crippen molar-refractivity contribution in [3.63, 3.8) is 0 Å². The number of methoxy groups -OCH3 is 6. The number of hydrogen-bond donors (Lipinski definition) is 0. The van der Waals surface area contributed by atoms with Crippen molar-refractivity contribution < 1.29 is 28.4 Å². The zero-order valence-corrected chi connectivity index (χ0v) is 91.8. The number of unbranched alkanes of at least 4 members (excludes halogenated alkanes) is 6. The average Bonchev–Trinajstić information content (AvgIpc) is 0.835. The van der Waals surface area contributed by atoms with Crippen molar-refractivity contribution >= 4 is 82.3 Å². The lowest BCUT2D eigenvalue weighted by Gasteiger charge is -2.29. The Morgan fingerprint density at radius 1 is 0.317 bits per heavy atom. The summed E-state index contributed by atoms with van der Waals surface area (Å²) in [6.07, 6.45) is 45.8. The van der Waals surface area contributed by atoms with Gasteiger partial charge in [-0.05, 0) is 251 Å². The molecule has 145 heavy (non-hydrogen) atoms. The van der Waals surface area contributed by atoms with Crippen LogP contribution in [0.5, 0.6) is 34.5 Å². The second-order valence-corrected chi connectivity index (χ2v) is 36.3. The molecule has 1 aliphatic rings. The van der Waals surface area contributed by atoms with Gasteiger partial charge < -0.3 is 62.7 Å². The topological polar surface area (TPSA) is 245 Å². The first-order chi connectivity index (χ1) is 69.9. The van der Waals surface area contributed by atoms with Gasteiger partial charge in [-0.1, -0.05) is 144 Å². The monoisotopic (exact) mass is 1960 g/mol. The van der Waals surface area contributed by atoms with Crippen molar-refractivity contribution in [2.75, 3.05) is 169 Å². The van der Waals surface area contributed by atoms with Crippen molar-refractivity contribution in [2.45, 2.75) is 214 Å². The largest absolute Gasteiger partial charge is 0.496 e. The summed E-state index contributed by atoms with van der Waals surface area (Å²) in [5.41, 5.74) is 19.4. The molecule has 0 saturated carbocycles. The van der Waals surface area contributed by atoms with Gasteiger partial charge in [-0.25, -0.2) is 0 Å². The molecule has 0 bridgehead atoms. The van der Waals surface area contributed by atoms with Gasteiger partial charge in [0.2, 0.25) is 0 Å². The summed E-state index contributed by atoms with van der Waals surface area (Å²) >= 11 is 0. The van der Waals surface area contributed by atoms with Crippen LogP contribution in [0.2, 0.25) is 0 Å². The van der Waals surface area contributed by atoms with E-state index in [4.69, 9.17) is 78.1 Å². The zero-order chi connectivity index (χ0) is 108. The highest BCUT2D eigenvalue weighted by molar-refractivity contribution is 5.73. The lowest BCUT2D eigenvalue weighted by Crippen LogP contribution is -2.31. The normalized spacial score (nSPS) is 11.6. The van der Waals surface area contributed by atoms with E-state index in [1.807, 2.05) is 129 Å². The fourth-order valence-electron chi connectivity index (χ4n) is 15.6. The van der Waals surface area contributed by atoms with Crippen molar-refractivity contribution in [1.82, 2.24) is 0 Å². The number of ether oxygens (including phenoxy) is 6. The molecule has 0 atom stereocenters. The van der Waals surface area contributed by atoms with Crippen LogP contribution >= 0.6 is 0 Å². The van der Waals surface area contributed by atoms with Gasteiger partial charge in [0.15, 0.2) is 0 Å². The summed E-state index contributed by atoms with van der Waals surface area (Å²) in [5, 5.41) is 62.1. The first-order valence-corrected chi connectivity index (χ1v) is 51.1. The van der Waals surface area contributed by atoms with Gasteiger partial charge in [-0.15, -0.1) is 26.0 Å². The molecule has 1 heterocycles. The van der Waals surface area contributed by atoms with E-state index in [1.165, 1.54) is 125 Å². The number of benzene rings is 7. The predicted molar refractivity (Wildman–Crippen MR) is 616 cm³/mol. The molecule has 7 aromatic carbocycles. The molecule has 8 rings (SSSR count). The molecule has 1 aliphatic heterocycles. The molecule has 0 amide bonds. The van der Waals surface area contributed by atoms with Gasteiger partial charge in [-0.2, -0.15) is 36.8 Å². The lowest BCUT2D eigenvalue weighted by molar-refractivity contribution is 0.413. The smallest absolute Gasteiger partial charge is 0.128 e. The molecule has 7 aromatic rings. The summed E-state index contributed by atoms with van der Waals surface area (Å²) in [5.74, 6) is 11.1. The minimum atomic E-state index is 0.430. The average molecular weight is 1960 g/mol. The summed E-state index contributed by atoms with van der Waals surface area (Å²) in [4.78, 5) is 16.1. The second kappa shape index (κ2) is 75.0. The molecular weight excluding hydrogens is 1790 g/mol. The van der Waals surface area contributed by atoms with E-state index in [0.717, 1.165) is 163 Å². The Hall–Kier alpha value is -14.9. The molecule has 20 nitrogen and oxygen atoms in total. The minimum Gasteiger partial charge on any atom is -0.496 e. The standard InChI is InChI=1S/C21H32N2O.2C19H28N2O.C17H24N2O.C17H20N2O.C17H16N2O.C15H18N2/c1-5-7-9-13-23(14-10-8-6-2)20-12-11-19(15-18(3)17-22)21(16-20)24-4;1-14(2)12-21(13-15(3)4)18-8-7-17(9-16(5)11-20)19(10-18)22-6;1-5-7-11-21(12-8-6-2)18-10-9-17(13-16(3)15-20)19(14-18)22-4;3*1-5-9-19(10-6-2)16-8-7-15(11-14(3)13-18)17(12-16)20-4;1-13(12-16)11-14-5-7-15(8-6-14)17-9-3-2-4-10-17/h11-12,15-16H,5-10,13-14H2,1-4H3;7-10,14-15H,12-13H2,1-6H3;9-10,13-14H,5-8,11-12H2,1-4H3;7-8,11-12H,5-6,9-10H2,1-4H3;5-8,11-12H,1-2,9-10H2,3-4H3;1-2,7-8,11-12H,9-10H2,3-4H3;5-8,11H,2-4,9-10H2,1H3/b18-15-;16-9-;16-13-;3*14-11-;13-11-. The molecule has 0 N–H and O–H groups in total. The molecule has 0 aliphatic carbocycles. The van der Waals surface area contributed by atoms with E-state index in [9.17, 15) is 0 Å². The quantitative estimate of drug-likeness (QED) is 0.0149. The summed E-state index contributed by atoms with van der Waals surface area (Å²) in [7, 11) is 9.93. The first-order valence-electron chi connectivity index (χ1n) is 51.1. The highest BCUT2D eigenvalue weighted by Gasteiger charge is 2.19. The molecule has 0 unspecified atom stereocenters. The maximum Gasteiger partial charge on any atom is 0.128 e. The van der Waals surface area contributed by atoms with Crippen molar-refractivity contribution in [1.29, 1.82) is 36.8 Å². The maximum atomic E-state index is 8.98. The van der Waals surface area contributed by atoms with Crippen molar-refractivity contribution in [3.8, 4) is 102 Å². The Morgan fingerprint density at radius 3 is 0.807 bits per heavy atom. The van der Waals surface area contributed by atoms with Crippen molar-refractivity contribution in [3.05, 3.63) is 237 Å². The molecular formula is C125H166N14O6. The summed E-state index contributed by atoms with van der Waals surface area (Å²) in [6, 6.07) is 60.0. The summed E-state index contributed by atoms with van der Waals surface area (Å²) < 4.78 is 32.8. The number of anilines is 7. The number of hydrogen-bond acceptors (Lipinski definition) is 20. The molecule has 0 radical (unpaired) electrons. The van der Waals surface area contributed by atoms with Crippen LogP contribution in [0, 0.1) is 116 Å². The van der Waals surface area contributed by atoms with Crippen LogP contribution in [0.1, 0.15) is 253 Å². The van der Waals surface area contributed by atoms with Crippen LogP contribution in [-0.2, 0) is 0 Å². The van der Waals surface area contributed by atoms with E-state index in [0.29, 0.717) is 64.1 Å². The molecule has 772 valence electrons. The molecule has 1 fully saturated rings. The Bertz CT molecular complexity index is 5640.